The van der Waals surface area contributed by atoms with Crippen LogP contribution in [0.3, 0.4) is 0 Å². The molecule has 3 N–H and O–H groups in total. The first-order valence-electron chi connectivity index (χ1n) is 10.2. The topological polar surface area (TPSA) is 89.6 Å². The van der Waals surface area contributed by atoms with E-state index in [1.54, 1.807) is 24.3 Å². The first-order chi connectivity index (χ1) is 15.3. The average Bonchev–Trinajstić information content (AvgIpc) is 2.82. The van der Waals surface area contributed by atoms with E-state index in [1.807, 2.05) is 43.3 Å². The minimum absolute atomic E-state index is 0.00238. The zero-order chi connectivity index (χ0) is 23.1. The van der Waals surface area contributed by atoms with Gasteiger partial charge < -0.3 is 10.8 Å². The van der Waals surface area contributed by atoms with Gasteiger partial charge in [0.2, 0.25) is 0 Å². The van der Waals surface area contributed by atoms with Crippen LogP contribution in [0.5, 0.6) is 0 Å². The predicted octanol–water partition coefficient (Wildman–Crippen LogP) is 4.61. The van der Waals surface area contributed by atoms with Crippen LogP contribution in [0, 0.1) is 12.7 Å². The molecule has 166 valence electrons. The standard InChI is InChI=1S/C25H26FNO4P/c1-17-2-6-20(7-3-17)24(29)21-10-11-22(23(26)14-21)19-8-4-18(5-9-19)12-13-25(27,15-28)16-31-32-30/h2-11,14,28,32H,12-13,15-16,27H2,1H3/q+1. The number of aryl methyl sites for hydroxylation is 2. The van der Waals surface area contributed by atoms with Gasteiger partial charge in [0.15, 0.2) is 5.78 Å². The van der Waals surface area contributed by atoms with Crippen molar-refractivity contribution in [1.29, 1.82) is 0 Å². The second kappa shape index (κ2) is 10.7. The van der Waals surface area contributed by atoms with Crippen LogP contribution in [0.15, 0.2) is 66.7 Å². The maximum absolute atomic E-state index is 14.8. The Labute approximate surface area is 188 Å². The monoisotopic (exact) mass is 454 g/mol. The molecule has 0 radical (unpaired) electrons. The first-order valence-corrected chi connectivity index (χ1v) is 11.1. The van der Waals surface area contributed by atoms with E-state index in [2.05, 4.69) is 0 Å². The Morgan fingerprint density at radius 2 is 1.72 bits per heavy atom. The molecule has 0 saturated carbocycles. The molecule has 0 amide bonds. The molecular weight excluding hydrogens is 428 g/mol. The highest BCUT2D eigenvalue weighted by atomic mass is 31.1. The number of aliphatic hydroxyl groups excluding tert-OH is 1. The highest BCUT2D eigenvalue weighted by Gasteiger charge is 2.26. The summed E-state index contributed by atoms with van der Waals surface area (Å²) in [4.78, 5) is 12.6. The summed E-state index contributed by atoms with van der Waals surface area (Å²) in [5, 5.41) is 9.49. The zero-order valence-electron chi connectivity index (χ0n) is 17.8. The van der Waals surface area contributed by atoms with E-state index < -0.39 is 20.0 Å². The SMILES string of the molecule is Cc1ccc(C(=O)c2ccc(-c3ccc(CCC(N)(CO)CO[PH+]=O)cc3)c(F)c2)cc1. The molecule has 0 aliphatic rings. The van der Waals surface area contributed by atoms with Gasteiger partial charge in [0.05, 0.1) is 12.1 Å². The minimum atomic E-state index is -0.970. The van der Waals surface area contributed by atoms with Crippen LogP contribution in [-0.4, -0.2) is 29.6 Å². The van der Waals surface area contributed by atoms with Crippen molar-refractivity contribution in [3.63, 3.8) is 0 Å². The fourth-order valence-corrected chi connectivity index (χ4v) is 3.72. The second-order valence-corrected chi connectivity index (χ2v) is 8.43. The van der Waals surface area contributed by atoms with Gasteiger partial charge in [0.25, 0.3) is 0 Å². The molecule has 7 heteroatoms. The van der Waals surface area contributed by atoms with E-state index in [9.17, 15) is 18.9 Å². The lowest BCUT2D eigenvalue weighted by Crippen LogP contribution is -2.47. The number of nitrogens with two attached hydrogens (primary N) is 1. The number of rotatable bonds is 10. The van der Waals surface area contributed by atoms with Crippen molar-refractivity contribution in [3.8, 4) is 11.1 Å². The summed E-state index contributed by atoms with van der Waals surface area (Å²) in [6.45, 7) is 1.66. The summed E-state index contributed by atoms with van der Waals surface area (Å²) in [6, 6.07) is 19.1. The van der Waals surface area contributed by atoms with Gasteiger partial charge in [0.1, 0.15) is 12.4 Å². The first kappa shape index (κ1) is 23.9. The summed E-state index contributed by atoms with van der Waals surface area (Å²) in [5.41, 5.74) is 9.04. The van der Waals surface area contributed by atoms with Crippen LogP contribution in [0.25, 0.3) is 11.1 Å². The molecule has 0 aliphatic carbocycles. The quantitative estimate of drug-likeness (QED) is 0.345. The fourth-order valence-electron chi connectivity index (χ4n) is 3.38. The van der Waals surface area contributed by atoms with Gasteiger partial charge in [-0.15, -0.1) is 4.52 Å². The molecule has 3 rings (SSSR count). The highest BCUT2D eigenvalue weighted by molar-refractivity contribution is 7.17. The Morgan fingerprint density at radius 1 is 1.06 bits per heavy atom. The number of hydrogen-bond donors (Lipinski definition) is 2. The number of benzene rings is 3. The van der Waals surface area contributed by atoms with Crippen LogP contribution in [0.2, 0.25) is 0 Å². The summed E-state index contributed by atoms with van der Waals surface area (Å²) in [5.74, 6) is -0.686. The Kier molecular flexibility index (Phi) is 7.99. The van der Waals surface area contributed by atoms with Crippen LogP contribution in [-0.2, 0) is 15.5 Å². The molecular formula is C25H26FNO4P+. The molecule has 0 spiro atoms. The molecule has 2 atom stereocenters. The van der Waals surface area contributed by atoms with Crippen molar-refractivity contribution in [3.05, 3.63) is 94.8 Å². The van der Waals surface area contributed by atoms with Gasteiger partial charge >= 0.3 is 8.69 Å². The van der Waals surface area contributed by atoms with Crippen LogP contribution in [0.4, 0.5) is 4.39 Å². The normalized spacial score (nSPS) is 13.1. The molecule has 0 aromatic heterocycles. The molecule has 2 unspecified atom stereocenters. The summed E-state index contributed by atoms with van der Waals surface area (Å²) in [6.07, 6.45) is 1.02. The van der Waals surface area contributed by atoms with Crippen molar-refractivity contribution in [2.75, 3.05) is 13.2 Å². The van der Waals surface area contributed by atoms with E-state index in [4.69, 9.17) is 10.3 Å². The maximum Gasteiger partial charge on any atom is 0.494 e. The van der Waals surface area contributed by atoms with Crippen molar-refractivity contribution in [2.24, 2.45) is 5.73 Å². The van der Waals surface area contributed by atoms with Crippen molar-refractivity contribution in [1.82, 2.24) is 0 Å². The third-order valence-electron chi connectivity index (χ3n) is 5.45. The molecule has 3 aromatic carbocycles. The van der Waals surface area contributed by atoms with E-state index >= 15 is 0 Å². The van der Waals surface area contributed by atoms with E-state index in [0.717, 1.165) is 11.1 Å². The average molecular weight is 454 g/mol. The van der Waals surface area contributed by atoms with Crippen LogP contribution >= 0.6 is 8.69 Å². The Bertz CT molecular complexity index is 1090. The molecule has 32 heavy (non-hydrogen) atoms. The third-order valence-corrected chi connectivity index (χ3v) is 5.72. The molecule has 0 fully saturated rings. The smallest absolute Gasteiger partial charge is 0.394 e. The minimum Gasteiger partial charge on any atom is -0.394 e. The summed E-state index contributed by atoms with van der Waals surface area (Å²) in [7, 11) is -0.923. The van der Waals surface area contributed by atoms with Gasteiger partial charge in [-0.2, -0.15) is 0 Å². The zero-order valence-corrected chi connectivity index (χ0v) is 18.8. The van der Waals surface area contributed by atoms with Gasteiger partial charge in [-0.1, -0.05) is 66.2 Å². The summed E-state index contributed by atoms with van der Waals surface area (Å²) < 4.78 is 30.2. The van der Waals surface area contributed by atoms with Gasteiger partial charge in [0, 0.05) is 16.7 Å². The van der Waals surface area contributed by atoms with E-state index in [-0.39, 0.29) is 19.0 Å². The maximum atomic E-state index is 14.8. The lowest BCUT2D eigenvalue weighted by molar-refractivity contribution is 0.103. The van der Waals surface area contributed by atoms with Crippen LogP contribution < -0.4 is 5.73 Å². The van der Waals surface area contributed by atoms with Crippen molar-refractivity contribution >= 4 is 14.5 Å². The number of carbonyl (C=O) groups excluding carboxylic acids is 1. The Morgan fingerprint density at radius 3 is 2.31 bits per heavy atom. The Hall–Kier alpha value is -2.76. The van der Waals surface area contributed by atoms with E-state index in [0.29, 0.717) is 35.1 Å². The van der Waals surface area contributed by atoms with Gasteiger partial charge in [-0.3, -0.25) is 4.79 Å². The molecule has 0 aliphatic heterocycles. The van der Waals surface area contributed by atoms with Crippen molar-refractivity contribution in [2.45, 2.75) is 25.3 Å². The second-order valence-electron chi connectivity index (χ2n) is 7.98. The third kappa shape index (κ3) is 5.93. The molecule has 5 nitrogen and oxygen atoms in total. The molecule has 0 saturated heterocycles. The number of aliphatic hydroxyl groups is 1. The number of carbonyl (C=O) groups is 1. The Balaban J connectivity index is 1.71. The van der Waals surface area contributed by atoms with Gasteiger partial charge in [-0.05, 0) is 41.5 Å². The number of halogens is 1. The highest BCUT2D eigenvalue weighted by Crippen LogP contribution is 2.26. The van der Waals surface area contributed by atoms with Gasteiger partial charge in [-0.25, -0.2) is 4.39 Å². The molecule has 3 aromatic rings. The molecule has 0 bridgehead atoms. The van der Waals surface area contributed by atoms with Crippen LogP contribution in [0.1, 0.15) is 33.5 Å². The lowest BCUT2D eigenvalue weighted by Gasteiger charge is -2.24. The lowest BCUT2D eigenvalue weighted by atomic mass is 9.93. The predicted molar refractivity (Wildman–Crippen MR) is 124 cm³/mol. The molecule has 0 heterocycles. The fraction of sp³-hybridized carbons (Fsp3) is 0.240. The van der Waals surface area contributed by atoms with E-state index in [1.165, 1.54) is 6.07 Å². The largest absolute Gasteiger partial charge is 0.494 e. The number of hydrogen-bond acceptors (Lipinski definition) is 5. The number of ketones is 1. The van der Waals surface area contributed by atoms with Crippen molar-refractivity contribution < 1.29 is 23.4 Å². The summed E-state index contributed by atoms with van der Waals surface area (Å²) >= 11 is 0.